The SMILES string of the molecule is CC(C)Cc1nc(N2CCCN(C(=O)c3ccco3)CC2)c2cnn(-c3ccccc3)c2n1. The lowest BCUT2D eigenvalue weighted by Crippen LogP contribution is -2.35. The van der Waals surface area contributed by atoms with E-state index in [0.717, 1.165) is 47.7 Å². The molecule has 0 bridgehead atoms. The van der Waals surface area contributed by atoms with Crippen LogP contribution in [0.2, 0.25) is 0 Å². The molecule has 0 spiro atoms. The molecule has 0 aliphatic carbocycles. The number of fused-ring (bicyclic) bond motifs is 1. The molecule has 0 atom stereocenters. The second-order valence-electron chi connectivity index (χ2n) is 8.80. The Bertz CT molecular complexity index is 1230. The summed E-state index contributed by atoms with van der Waals surface area (Å²) in [6.07, 6.45) is 5.03. The number of hydrogen-bond donors (Lipinski definition) is 0. The highest BCUT2D eigenvalue weighted by molar-refractivity contribution is 5.91. The number of carbonyl (C=O) groups is 1. The van der Waals surface area contributed by atoms with Crippen LogP contribution >= 0.6 is 0 Å². The fourth-order valence-corrected chi connectivity index (χ4v) is 4.28. The van der Waals surface area contributed by atoms with E-state index in [1.807, 2.05) is 46.1 Å². The van der Waals surface area contributed by atoms with E-state index < -0.39 is 0 Å². The molecule has 170 valence electrons. The fourth-order valence-electron chi connectivity index (χ4n) is 4.28. The van der Waals surface area contributed by atoms with Gasteiger partial charge >= 0.3 is 0 Å². The molecule has 8 nitrogen and oxygen atoms in total. The molecule has 3 aromatic heterocycles. The molecule has 5 rings (SSSR count). The van der Waals surface area contributed by atoms with Crippen LogP contribution in [-0.2, 0) is 6.42 Å². The van der Waals surface area contributed by atoms with Gasteiger partial charge in [-0.25, -0.2) is 14.6 Å². The molecular weight excluding hydrogens is 416 g/mol. The van der Waals surface area contributed by atoms with Crippen molar-refractivity contribution in [2.75, 3.05) is 31.1 Å². The number of benzene rings is 1. The lowest BCUT2D eigenvalue weighted by atomic mass is 10.1. The minimum atomic E-state index is -0.0629. The molecule has 8 heteroatoms. The highest BCUT2D eigenvalue weighted by Gasteiger charge is 2.25. The molecule has 1 aliphatic rings. The van der Waals surface area contributed by atoms with E-state index in [1.54, 1.807) is 12.1 Å². The molecular formula is C25H28N6O2. The summed E-state index contributed by atoms with van der Waals surface area (Å²) in [4.78, 5) is 26.8. The van der Waals surface area contributed by atoms with Gasteiger partial charge in [-0.15, -0.1) is 0 Å². The van der Waals surface area contributed by atoms with Crippen molar-refractivity contribution < 1.29 is 9.21 Å². The average Bonchev–Trinajstić information content (AvgIpc) is 3.43. The lowest BCUT2D eigenvalue weighted by Gasteiger charge is -2.23. The maximum absolute atomic E-state index is 12.8. The fraction of sp³-hybridized carbons (Fsp3) is 0.360. The van der Waals surface area contributed by atoms with Crippen LogP contribution in [-0.4, -0.2) is 56.7 Å². The smallest absolute Gasteiger partial charge is 0.289 e. The largest absolute Gasteiger partial charge is 0.459 e. The van der Waals surface area contributed by atoms with Crippen LogP contribution in [0.25, 0.3) is 16.7 Å². The van der Waals surface area contributed by atoms with Gasteiger partial charge in [0.25, 0.3) is 5.91 Å². The minimum absolute atomic E-state index is 0.0629. The molecule has 0 radical (unpaired) electrons. The van der Waals surface area contributed by atoms with Gasteiger partial charge in [-0.05, 0) is 36.6 Å². The predicted molar refractivity (Wildman–Crippen MR) is 127 cm³/mol. The van der Waals surface area contributed by atoms with E-state index in [4.69, 9.17) is 14.4 Å². The van der Waals surface area contributed by atoms with Gasteiger partial charge in [-0.3, -0.25) is 4.79 Å². The highest BCUT2D eigenvalue weighted by atomic mass is 16.3. The molecule has 4 aromatic rings. The second kappa shape index (κ2) is 9.05. The summed E-state index contributed by atoms with van der Waals surface area (Å²) in [6.45, 7) is 7.14. The first-order valence-corrected chi connectivity index (χ1v) is 11.5. The molecule has 1 aliphatic heterocycles. The number of amides is 1. The first kappa shape index (κ1) is 21.2. The molecule has 33 heavy (non-hydrogen) atoms. The highest BCUT2D eigenvalue weighted by Crippen LogP contribution is 2.27. The summed E-state index contributed by atoms with van der Waals surface area (Å²) in [5, 5.41) is 5.58. The van der Waals surface area contributed by atoms with Crippen LogP contribution in [0.4, 0.5) is 5.82 Å². The van der Waals surface area contributed by atoms with Gasteiger partial charge in [0, 0.05) is 32.6 Å². The Labute approximate surface area is 192 Å². The molecule has 1 aromatic carbocycles. The Morgan fingerprint density at radius 1 is 1.03 bits per heavy atom. The number of nitrogens with zero attached hydrogens (tertiary/aromatic N) is 6. The quantitative estimate of drug-likeness (QED) is 0.464. The van der Waals surface area contributed by atoms with Crippen molar-refractivity contribution >= 4 is 22.8 Å². The van der Waals surface area contributed by atoms with E-state index in [2.05, 4.69) is 23.8 Å². The van der Waals surface area contributed by atoms with Crippen molar-refractivity contribution in [1.29, 1.82) is 0 Å². The van der Waals surface area contributed by atoms with E-state index in [9.17, 15) is 4.79 Å². The van der Waals surface area contributed by atoms with E-state index in [1.165, 1.54) is 6.26 Å². The maximum Gasteiger partial charge on any atom is 0.289 e. The van der Waals surface area contributed by atoms with Crippen LogP contribution in [0.15, 0.2) is 59.3 Å². The van der Waals surface area contributed by atoms with Crippen molar-refractivity contribution in [1.82, 2.24) is 24.6 Å². The summed E-state index contributed by atoms with van der Waals surface area (Å²) in [5.41, 5.74) is 1.79. The first-order valence-electron chi connectivity index (χ1n) is 11.5. The third-order valence-corrected chi connectivity index (χ3v) is 5.86. The van der Waals surface area contributed by atoms with Crippen LogP contribution in [0.5, 0.6) is 0 Å². The van der Waals surface area contributed by atoms with Crippen molar-refractivity contribution in [2.45, 2.75) is 26.7 Å². The van der Waals surface area contributed by atoms with Gasteiger partial charge in [0.1, 0.15) is 11.6 Å². The Morgan fingerprint density at radius 3 is 2.64 bits per heavy atom. The maximum atomic E-state index is 12.8. The number of furan rings is 1. The van der Waals surface area contributed by atoms with Gasteiger partial charge < -0.3 is 14.2 Å². The van der Waals surface area contributed by atoms with Crippen molar-refractivity contribution in [3.63, 3.8) is 0 Å². The van der Waals surface area contributed by atoms with Crippen molar-refractivity contribution in [2.24, 2.45) is 5.92 Å². The zero-order valence-corrected chi connectivity index (χ0v) is 19.0. The number of carbonyl (C=O) groups excluding carboxylic acids is 1. The summed E-state index contributed by atoms with van der Waals surface area (Å²) < 4.78 is 7.20. The monoisotopic (exact) mass is 444 g/mol. The normalized spacial score (nSPS) is 14.8. The number of hydrogen-bond acceptors (Lipinski definition) is 6. The second-order valence-corrected chi connectivity index (χ2v) is 8.80. The molecule has 0 N–H and O–H groups in total. The standard InChI is InChI=1S/C25H28N6O2/c1-18(2)16-22-27-23(20-17-26-31(24(20)28-22)19-8-4-3-5-9-19)29-11-7-12-30(14-13-29)25(32)21-10-6-15-33-21/h3-6,8-10,15,17-18H,7,11-14,16H2,1-2H3. The number of para-hydroxylation sites is 1. The summed E-state index contributed by atoms with van der Waals surface area (Å²) >= 11 is 0. The minimum Gasteiger partial charge on any atom is -0.459 e. The number of anilines is 1. The zero-order chi connectivity index (χ0) is 22.8. The number of aromatic nitrogens is 4. The van der Waals surface area contributed by atoms with Crippen LogP contribution in [0, 0.1) is 5.92 Å². The lowest BCUT2D eigenvalue weighted by molar-refractivity contribution is 0.0735. The van der Waals surface area contributed by atoms with Crippen LogP contribution in [0.3, 0.4) is 0 Å². The van der Waals surface area contributed by atoms with Gasteiger partial charge in [-0.2, -0.15) is 5.10 Å². The Balaban J connectivity index is 1.49. The molecule has 1 amide bonds. The van der Waals surface area contributed by atoms with Gasteiger partial charge in [0.2, 0.25) is 0 Å². The zero-order valence-electron chi connectivity index (χ0n) is 19.0. The van der Waals surface area contributed by atoms with Gasteiger partial charge in [0.15, 0.2) is 11.4 Å². The predicted octanol–water partition coefficient (Wildman–Crippen LogP) is 3.96. The summed E-state index contributed by atoms with van der Waals surface area (Å²) in [6, 6.07) is 13.5. The Morgan fingerprint density at radius 2 is 1.88 bits per heavy atom. The van der Waals surface area contributed by atoms with Gasteiger partial charge in [0.05, 0.1) is 23.5 Å². The van der Waals surface area contributed by atoms with E-state index in [0.29, 0.717) is 31.3 Å². The van der Waals surface area contributed by atoms with Crippen LogP contribution in [0.1, 0.15) is 36.6 Å². The van der Waals surface area contributed by atoms with Crippen molar-refractivity contribution in [3.8, 4) is 5.69 Å². The van der Waals surface area contributed by atoms with Crippen molar-refractivity contribution in [3.05, 3.63) is 66.5 Å². The third-order valence-electron chi connectivity index (χ3n) is 5.86. The molecule has 4 heterocycles. The Hall–Kier alpha value is -3.68. The third kappa shape index (κ3) is 4.33. The average molecular weight is 445 g/mol. The molecule has 1 saturated heterocycles. The number of rotatable bonds is 5. The van der Waals surface area contributed by atoms with Gasteiger partial charge in [-0.1, -0.05) is 32.0 Å². The summed E-state index contributed by atoms with van der Waals surface area (Å²) in [7, 11) is 0. The first-order chi connectivity index (χ1) is 16.1. The molecule has 1 fully saturated rings. The van der Waals surface area contributed by atoms with Crippen LogP contribution < -0.4 is 4.90 Å². The summed E-state index contributed by atoms with van der Waals surface area (Å²) in [5.74, 6) is 2.47. The topological polar surface area (TPSA) is 80.3 Å². The Kier molecular flexibility index (Phi) is 5.81. The van der Waals surface area contributed by atoms with E-state index in [-0.39, 0.29) is 5.91 Å². The molecule has 0 saturated carbocycles. The molecule has 0 unspecified atom stereocenters. The van der Waals surface area contributed by atoms with E-state index >= 15 is 0 Å².